The SMILES string of the molecule is CCOC(=O)c1ccc(NC(=O)CN2C(=O)N/C(=C\c3ccccc3F)C2=O)cc1. The number of amides is 4. The van der Waals surface area contributed by atoms with E-state index >= 15 is 0 Å². The number of nitrogens with one attached hydrogen (secondary N) is 2. The molecule has 1 fully saturated rings. The van der Waals surface area contributed by atoms with Crippen LogP contribution < -0.4 is 10.6 Å². The zero-order valence-electron chi connectivity index (χ0n) is 16.0. The van der Waals surface area contributed by atoms with Crippen LogP contribution in [0.2, 0.25) is 0 Å². The van der Waals surface area contributed by atoms with Crippen molar-refractivity contribution in [1.29, 1.82) is 0 Å². The molecule has 0 bridgehead atoms. The van der Waals surface area contributed by atoms with Crippen molar-refractivity contribution in [3.63, 3.8) is 0 Å². The fraction of sp³-hybridized carbons (Fsp3) is 0.143. The topological polar surface area (TPSA) is 105 Å². The van der Waals surface area contributed by atoms with Gasteiger partial charge in [0.2, 0.25) is 5.91 Å². The van der Waals surface area contributed by atoms with Crippen LogP contribution in [0.25, 0.3) is 6.08 Å². The van der Waals surface area contributed by atoms with Crippen LogP contribution in [-0.4, -0.2) is 41.9 Å². The molecule has 0 aromatic heterocycles. The van der Waals surface area contributed by atoms with E-state index in [0.29, 0.717) is 11.3 Å². The molecule has 2 N–H and O–H groups in total. The largest absolute Gasteiger partial charge is 0.462 e. The van der Waals surface area contributed by atoms with Crippen molar-refractivity contribution in [2.75, 3.05) is 18.5 Å². The first kappa shape index (κ1) is 20.7. The summed E-state index contributed by atoms with van der Waals surface area (Å²) in [6, 6.07) is 11.0. The monoisotopic (exact) mass is 411 g/mol. The molecule has 1 aliphatic heterocycles. The van der Waals surface area contributed by atoms with Gasteiger partial charge in [0, 0.05) is 11.3 Å². The van der Waals surface area contributed by atoms with Gasteiger partial charge >= 0.3 is 12.0 Å². The van der Waals surface area contributed by atoms with Crippen LogP contribution in [0.4, 0.5) is 14.9 Å². The van der Waals surface area contributed by atoms with Gasteiger partial charge in [0.05, 0.1) is 12.2 Å². The van der Waals surface area contributed by atoms with Gasteiger partial charge in [-0.15, -0.1) is 0 Å². The van der Waals surface area contributed by atoms with E-state index in [9.17, 15) is 23.6 Å². The summed E-state index contributed by atoms with van der Waals surface area (Å²) in [5, 5.41) is 4.87. The van der Waals surface area contributed by atoms with Gasteiger partial charge in [-0.05, 0) is 43.3 Å². The molecule has 3 rings (SSSR count). The molecule has 8 nitrogen and oxygen atoms in total. The van der Waals surface area contributed by atoms with Crippen LogP contribution in [0.1, 0.15) is 22.8 Å². The number of rotatable bonds is 6. The summed E-state index contributed by atoms with van der Waals surface area (Å²) in [6.07, 6.45) is 1.21. The number of imide groups is 1. The van der Waals surface area contributed by atoms with Gasteiger partial charge in [-0.3, -0.25) is 9.59 Å². The van der Waals surface area contributed by atoms with E-state index in [1.807, 2.05) is 0 Å². The van der Waals surface area contributed by atoms with Crippen LogP contribution in [0.3, 0.4) is 0 Å². The molecule has 9 heteroatoms. The van der Waals surface area contributed by atoms with Crippen molar-refractivity contribution >= 4 is 35.6 Å². The third-order valence-corrected chi connectivity index (χ3v) is 4.15. The number of carbonyl (C=O) groups is 4. The predicted octanol–water partition coefficient (Wildman–Crippen LogP) is 2.53. The fourth-order valence-corrected chi connectivity index (χ4v) is 2.71. The second-order valence-corrected chi connectivity index (χ2v) is 6.25. The summed E-state index contributed by atoms with van der Waals surface area (Å²) in [6.45, 7) is 1.41. The van der Waals surface area contributed by atoms with Gasteiger partial charge in [0.1, 0.15) is 18.1 Å². The maximum absolute atomic E-state index is 13.8. The van der Waals surface area contributed by atoms with Crippen LogP contribution >= 0.6 is 0 Å². The lowest BCUT2D eigenvalue weighted by Gasteiger charge is -2.12. The van der Waals surface area contributed by atoms with Crippen LogP contribution in [0.15, 0.2) is 54.2 Å². The lowest BCUT2D eigenvalue weighted by Crippen LogP contribution is -2.38. The molecule has 154 valence electrons. The summed E-state index contributed by atoms with van der Waals surface area (Å²) in [7, 11) is 0. The van der Waals surface area contributed by atoms with E-state index in [1.165, 1.54) is 48.5 Å². The van der Waals surface area contributed by atoms with Crippen molar-refractivity contribution in [3.05, 3.63) is 71.2 Å². The van der Waals surface area contributed by atoms with Gasteiger partial charge < -0.3 is 15.4 Å². The molecule has 1 aliphatic rings. The molecule has 4 amide bonds. The molecule has 0 saturated carbocycles. The highest BCUT2D eigenvalue weighted by molar-refractivity contribution is 6.16. The highest BCUT2D eigenvalue weighted by Gasteiger charge is 2.35. The maximum Gasteiger partial charge on any atom is 0.338 e. The Morgan fingerprint density at radius 3 is 2.50 bits per heavy atom. The molecule has 0 radical (unpaired) electrons. The second kappa shape index (κ2) is 8.99. The fourth-order valence-electron chi connectivity index (χ4n) is 2.71. The van der Waals surface area contributed by atoms with E-state index in [2.05, 4.69) is 10.6 Å². The quantitative estimate of drug-likeness (QED) is 0.432. The van der Waals surface area contributed by atoms with Gasteiger partial charge in [-0.2, -0.15) is 0 Å². The van der Waals surface area contributed by atoms with Crippen LogP contribution in [0.5, 0.6) is 0 Å². The Kier molecular flexibility index (Phi) is 6.21. The average Bonchev–Trinajstić information content (AvgIpc) is 2.98. The smallest absolute Gasteiger partial charge is 0.338 e. The summed E-state index contributed by atoms with van der Waals surface area (Å²) < 4.78 is 18.6. The third kappa shape index (κ3) is 4.69. The predicted molar refractivity (Wildman–Crippen MR) is 106 cm³/mol. The van der Waals surface area contributed by atoms with Crippen LogP contribution in [-0.2, 0) is 14.3 Å². The van der Waals surface area contributed by atoms with Crippen molar-refractivity contribution in [1.82, 2.24) is 10.2 Å². The summed E-state index contributed by atoms with van der Waals surface area (Å²) in [5.41, 5.74) is 0.708. The number of hydrogen-bond donors (Lipinski definition) is 2. The molecule has 0 spiro atoms. The Balaban J connectivity index is 1.64. The number of carbonyl (C=O) groups excluding carboxylic acids is 4. The average molecular weight is 411 g/mol. The van der Waals surface area contributed by atoms with Crippen LogP contribution in [0, 0.1) is 5.82 Å². The van der Waals surface area contributed by atoms with E-state index in [1.54, 1.807) is 13.0 Å². The summed E-state index contributed by atoms with van der Waals surface area (Å²) in [5.74, 6) is -2.39. The highest BCUT2D eigenvalue weighted by atomic mass is 19.1. The normalized spacial score (nSPS) is 14.6. The van der Waals surface area contributed by atoms with E-state index in [-0.39, 0.29) is 17.9 Å². The molecule has 1 heterocycles. The third-order valence-electron chi connectivity index (χ3n) is 4.15. The first-order valence-electron chi connectivity index (χ1n) is 9.05. The number of nitrogens with zero attached hydrogens (tertiary/aromatic N) is 1. The molecule has 0 aliphatic carbocycles. The Morgan fingerprint density at radius 2 is 1.83 bits per heavy atom. The molecule has 2 aromatic carbocycles. The number of benzene rings is 2. The number of halogens is 1. The van der Waals surface area contributed by atoms with E-state index in [4.69, 9.17) is 4.74 Å². The minimum absolute atomic E-state index is 0.128. The second-order valence-electron chi connectivity index (χ2n) is 6.25. The summed E-state index contributed by atoms with van der Waals surface area (Å²) in [4.78, 5) is 49.1. The van der Waals surface area contributed by atoms with Gasteiger partial charge in [0.15, 0.2) is 0 Å². The number of esters is 1. The van der Waals surface area contributed by atoms with Crippen molar-refractivity contribution < 1.29 is 28.3 Å². The lowest BCUT2D eigenvalue weighted by molar-refractivity contribution is -0.127. The zero-order chi connectivity index (χ0) is 21.7. The molecule has 2 aromatic rings. The molecule has 0 atom stereocenters. The molecular formula is C21H18FN3O5. The Bertz CT molecular complexity index is 1030. The molecule has 30 heavy (non-hydrogen) atoms. The van der Waals surface area contributed by atoms with Gasteiger partial charge in [-0.1, -0.05) is 18.2 Å². The zero-order valence-corrected chi connectivity index (χ0v) is 16.0. The van der Waals surface area contributed by atoms with Crippen molar-refractivity contribution in [2.24, 2.45) is 0 Å². The summed E-state index contributed by atoms with van der Waals surface area (Å²) >= 11 is 0. The van der Waals surface area contributed by atoms with Crippen molar-refractivity contribution in [2.45, 2.75) is 6.92 Å². The lowest BCUT2D eigenvalue weighted by atomic mass is 10.2. The standard InChI is InChI=1S/C21H18FN3O5/c1-2-30-20(28)13-7-9-15(10-8-13)23-18(26)12-25-19(27)17(24-21(25)29)11-14-5-3-4-6-16(14)22/h3-11H,2,12H2,1H3,(H,23,26)(H,24,29)/b17-11-. The van der Waals surface area contributed by atoms with Crippen molar-refractivity contribution in [3.8, 4) is 0 Å². The van der Waals surface area contributed by atoms with Gasteiger partial charge in [-0.25, -0.2) is 18.9 Å². The Labute approximate surface area is 171 Å². The Hall–Kier alpha value is -4.01. The molecular weight excluding hydrogens is 393 g/mol. The number of hydrogen-bond acceptors (Lipinski definition) is 5. The minimum Gasteiger partial charge on any atom is -0.462 e. The molecule has 0 unspecified atom stereocenters. The number of anilines is 1. The first-order valence-corrected chi connectivity index (χ1v) is 9.05. The maximum atomic E-state index is 13.8. The first-order chi connectivity index (χ1) is 14.4. The molecule has 1 saturated heterocycles. The highest BCUT2D eigenvalue weighted by Crippen LogP contribution is 2.17. The minimum atomic E-state index is -0.782. The van der Waals surface area contributed by atoms with E-state index < -0.39 is 36.2 Å². The number of urea groups is 1. The van der Waals surface area contributed by atoms with Gasteiger partial charge in [0.25, 0.3) is 5.91 Å². The Morgan fingerprint density at radius 1 is 1.13 bits per heavy atom. The van der Waals surface area contributed by atoms with E-state index in [0.717, 1.165) is 4.90 Å². The number of ether oxygens (including phenoxy) is 1.